The minimum absolute atomic E-state index is 0.123. The molecule has 1 aromatic heterocycles. The van der Waals surface area contributed by atoms with Crippen molar-refractivity contribution in [3.8, 4) is 0 Å². The Morgan fingerprint density at radius 1 is 1.35 bits per heavy atom. The Morgan fingerprint density at radius 3 is 2.80 bits per heavy atom. The van der Waals surface area contributed by atoms with Crippen molar-refractivity contribution in [1.82, 2.24) is 9.78 Å². The van der Waals surface area contributed by atoms with Crippen LogP contribution in [0.5, 0.6) is 0 Å². The van der Waals surface area contributed by atoms with Gasteiger partial charge in [-0.1, -0.05) is 36.7 Å². The van der Waals surface area contributed by atoms with Crippen molar-refractivity contribution in [2.45, 2.75) is 45.7 Å². The van der Waals surface area contributed by atoms with E-state index in [9.17, 15) is 0 Å². The molecular weight excluding hydrogens is 270 g/mol. The summed E-state index contributed by atoms with van der Waals surface area (Å²) in [5.74, 6) is 0. The summed E-state index contributed by atoms with van der Waals surface area (Å²) in [5.41, 5.74) is 9.34. The Balaban J connectivity index is 2.13. The van der Waals surface area contributed by atoms with Gasteiger partial charge in [-0.2, -0.15) is 5.10 Å². The fraction of sp³-hybridized carbons (Fsp3) is 0.438. The van der Waals surface area contributed by atoms with Crippen molar-refractivity contribution in [2.24, 2.45) is 5.73 Å². The third-order valence-corrected chi connectivity index (χ3v) is 4.27. The molecule has 0 aliphatic carbocycles. The Labute approximate surface area is 125 Å². The summed E-state index contributed by atoms with van der Waals surface area (Å²) in [7, 11) is 0. The lowest BCUT2D eigenvalue weighted by Crippen LogP contribution is -2.15. The van der Waals surface area contributed by atoms with Crippen LogP contribution in [0.1, 0.15) is 49.2 Å². The van der Waals surface area contributed by atoms with Crippen LogP contribution in [0.15, 0.2) is 30.5 Å². The van der Waals surface area contributed by atoms with Gasteiger partial charge < -0.3 is 5.73 Å². The number of aryl methyl sites for hydroxylation is 1. The maximum atomic E-state index is 6.33. The predicted molar refractivity (Wildman–Crippen MR) is 84.1 cm³/mol. The molecule has 0 saturated heterocycles. The van der Waals surface area contributed by atoms with Gasteiger partial charge in [-0.3, -0.25) is 4.68 Å². The second-order valence-corrected chi connectivity index (χ2v) is 5.71. The van der Waals surface area contributed by atoms with Crippen LogP contribution < -0.4 is 5.73 Å². The van der Waals surface area contributed by atoms with Gasteiger partial charge in [0.2, 0.25) is 0 Å². The maximum absolute atomic E-state index is 6.33. The Morgan fingerprint density at radius 2 is 2.10 bits per heavy atom. The highest BCUT2D eigenvalue weighted by molar-refractivity contribution is 6.32. The monoisotopic (exact) mass is 291 g/mol. The number of hydrogen-bond acceptors (Lipinski definition) is 2. The Kier molecular flexibility index (Phi) is 4.84. The molecular formula is C16H22ClN3. The number of aromatic nitrogens is 2. The van der Waals surface area contributed by atoms with E-state index in [-0.39, 0.29) is 6.04 Å². The summed E-state index contributed by atoms with van der Waals surface area (Å²) < 4.78 is 2.00. The molecule has 2 atom stereocenters. The maximum Gasteiger partial charge on any atom is 0.0643 e. The van der Waals surface area contributed by atoms with E-state index in [1.807, 2.05) is 42.1 Å². The van der Waals surface area contributed by atoms with E-state index in [4.69, 9.17) is 17.3 Å². The van der Waals surface area contributed by atoms with Crippen molar-refractivity contribution in [3.63, 3.8) is 0 Å². The van der Waals surface area contributed by atoms with Crippen molar-refractivity contribution in [1.29, 1.82) is 0 Å². The second kappa shape index (κ2) is 6.42. The lowest BCUT2D eigenvalue weighted by Gasteiger charge is -2.14. The van der Waals surface area contributed by atoms with Crippen molar-refractivity contribution in [2.75, 3.05) is 0 Å². The van der Waals surface area contributed by atoms with Crippen LogP contribution in [0, 0.1) is 6.92 Å². The molecule has 2 aromatic rings. The molecule has 1 aromatic carbocycles. The number of rotatable bonds is 5. The SMILES string of the molecule is CCC(C)n1ccc(CC(N)c2cccc(C)c2Cl)n1. The summed E-state index contributed by atoms with van der Waals surface area (Å²) in [6, 6.07) is 8.32. The molecule has 0 aliphatic rings. The topological polar surface area (TPSA) is 43.8 Å². The van der Waals surface area contributed by atoms with Gasteiger partial charge in [0.1, 0.15) is 0 Å². The molecule has 4 heteroatoms. The minimum Gasteiger partial charge on any atom is -0.324 e. The molecule has 0 spiro atoms. The second-order valence-electron chi connectivity index (χ2n) is 5.33. The number of nitrogens with zero attached hydrogens (tertiary/aromatic N) is 2. The van der Waals surface area contributed by atoms with Gasteiger partial charge in [0.05, 0.1) is 5.69 Å². The molecule has 20 heavy (non-hydrogen) atoms. The third kappa shape index (κ3) is 3.22. The van der Waals surface area contributed by atoms with Crippen LogP contribution in [-0.4, -0.2) is 9.78 Å². The molecule has 108 valence electrons. The molecule has 2 N–H and O–H groups in total. The number of hydrogen-bond donors (Lipinski definition) is 1. The molecule has 0 radical (unpaired) electrons. The first-order valence-electron chi connectivity index (χ1n) is 7.07. The van der Waals surface area contributed by atoms with Crippen LogP contribution >= 0.6 is 11.6 Å². The van der Waals surface area contributed by atoms with Crippen LogP contribution in [0.25, 0.3) is 0 Å². The summed E-state index contributed by atoms with van der Waals surface area (Å²) in [4.78, 5) is 0. The van der Waals surface area contributed by atoms with Crippen molar-refractivity contribution < 1.29 is 0 Å². The van der Waals surface area contributed by atoms with E-state index in [1.165, 1.54) is 0 Å². The molecule has 0 saturated carbocycles. The van der Waals surface area contributed by atoms with E-state index in [1.54, 1.807) is 0 Å². The predicted octanol–water partition coefficient (Wildman–Crippen LogP) is 4.06. The van der Waals surface area contributed by atoms with E-state index < -0.39 is 0 Å². The molecule has 0 fully saturated rings. The van der Waals surface area contributed by atoms with E-state index in [0.29, 0.717) is 12.5 Å². The molecule has 2 unspecified atom stereocenters. The molecule has 2 rings (SSSR count). The smallest absolute Gasteiger partial charge is 0.0643 e. The highest BCUT2D eigenvalue weighted by Gasteiger charge is 2.14. The van der Waals surface area contributed by atoms with Gasteiger partial charge in [0.25, 0.3) is 0 Å². The van der Waals surface area contributed by atoms with E-state index in [2.05, 4.69) is 18.9 Å². The summed E-state index contributed by atoms with van der Waals surface area (Å²) in [6.07, 6.45) is 3.79. The Hall–Kier alpha value is -1.32. The fourth-order valence-corrected chi connectivity index (χ4v) is 2.48. The highest BCUT2D eigenvalue weighted by Crippen LogP contribution is 2.26. The standard InChI is InChI=1S/C16H22ClN3/c1-4-12(3)20-9-8-13(19-20)10-15(18)14-7-5-6-11(2)16(14)17/h5-9,12,15H,4,10,18H2,1-3H3. The van der Waals surface area contributed by atoms with Crippen LogP contribution in [0.4, 0.5) is 0 Å². The zero-order valence-electron chi connectivity index (χ0n) is 12.3. The average molecular weight is 292 g/mol. The third-order valence-electron chi connectivity index (χ3n) is 3.76. The first-order valence-corrected chi connectivity index (χ1v) is 7.45. The lowest BCUT2D eigenvalue weighted by molar-refractivity contribution is 0.472. The van der Waals surface area contributed by atoms with E-state index in [0.717, 1.165) is 28.3 Å². The van der Waals surface area contributed by atoms with Crippen LogP contribution in [0.3, 0.4) is 0 Å². The lowest BCUT2D eigenvalue weighted by atomic mass is 10.0. The zero-order chi connectivity index (χ0) is 14.7. The molecule has 0 amide bonds. The fourth-order valence-electron chi connectivity index (χ4n) is 2.21. The molecule has 3 nitrogen and oxygen atoms in total. The van der Waals surface area contributed by atoms with Crippen LogP contribution in [0.2, 0.25) is 5.02 Å². The van der Waals surface area contributed by atoms with Gasteiger partial charge >= 0.3 is 0 Å². The first-order chi connectivity index (χ1) is 9.52. The number of benzene rings is 1. The molecule has 1 heterocycles. The molecule has 0 aliphatic heterocycles. The van der Waals surface area contributed by atoms with Gasteiger partial charge in [-0.15, -0.1) is 0 Å². The van der Waals surface area contributed by atoms with Crippen LogP contribution in [-0.2, 0) is 6.42 Å². The van der Waals surface area contributed by atoms with Gasteiger partial charge in [-0.25, -0.2) is 0 Å². The zero-order valence-corrected chi connectivity index (χ0v) is 13.1. The first kappa shape index (κ1) is 15.1. The summed E-state index contributed by atoms with van der Waals surface area (Å²) >= 11 is 6.33. The number of halogens is 1. The normalized spacial score (nSPS) is 14.2. The van der Waals surface area contributed by atoms with Gasteiger partial charge in [0, 0.05) is 29.7 Å². The average Bonchev–Trinajstić information content (AvgIpc) is 2.89. The van der Waals surface area contributed by atoms with Gasteiger partial charge in [0.15, 0.2) is 0 Å². The molecule has 0 bridgehead atoms. The Bertz CT molecular complexity index is 577. The van der Waals surface area contributed by atoms with Crippen molar-refractivity contribution in [3.05, 3.63) is 52.3 Å². The van der Waals surface area contributed by atoms with Gasteiger partial charge in [-0.05, 0) is 37.5 Å². The quantitative estimate of drug-likeness (QED) is 0.903. The largest absolute Gasteiger partial charge is 0.324 e. The summed E-state index contributed by atoms with van der Waals surface area (Å²) in [5, 5.41) is 5.36. The van der Waals surface area contributed by atoms with E-state index >= 15 is 0 Å². The number of nitrogens with two attached hydrogens (primary N) is 1. The minimum atomic E-state index is -0.123. The highest BCUT2D eigenvalue weighted by atomic mass is 35.5. The summed E-state index contributed by atoms with van der Waals surface area (Å²) in [6.45, 7) is 6.31. The van der Waals surface area contributed by atoms with Crippen molar-refractivity contribution >= 4 is 11.6 Å².